The largest absolute Gasteiger partial charge is 0.481 e. The van der Waals surface area contributed by atoms with Crippen molar-refractivity contribution in [1.82, 2.24) is 19.9 Å². The van der Waals surface area contributed by atoms with Gasteiger partial charge in [0, 0.05) is 29.2 Å². The number of benzene rings is 2. The van der Waals surface area contributed by atoms with Gasteiger partial charge in [-0.15, -0.1) is 0 Å². The van der Waals surface area contributed by atoms with Crippen molar-refractivity contribution in [2.24, 2.45) is 0 Å². The minimum Gasteiger partial charge on any atom is -0.481 e. The van der Waals surface area contributed by atoms with Crippen LogP contribution in [-0.2, 0) is 15.6 Å². The highest BCUT2D eigenvalue weighted by molar-refractivity contribution is 7.90. The quantitative estimate of drug-likeness (QED) is 0.267. The standard InChI is InChI=1S/C29H30ClF2N5O3S/c1-37(2)20-10-8-19(9-11-20)34-29-33-15-18-12-17(13-24(32)27(18)36-29)21-14-23(31)25(35-28(21)40-3)16-41(38,39)26-7-5-4-6-22(26)30/h4-7,12-15,19-20H,8-11,16H2,1-3H3,(H,33,34,36). The molecular weight excluding hydrogens is 572 g/mol. The number of hydrogen-bond acceptors (Lipinski definition) is 8. The number of aromatic nitrogens is 3. The molecule has 0 unspecified atom stereocenters. The van der Waals surface area contributed by atoms with Crippen LogP contribution in [0.4, 0.5) is 14.7 Å². The lowest BCUT2D eigenvalue weighted by Gasteiger charge is -2.32. The molecule has 5 rings (SSSR count). The second kappa shape index (κ2) is 11.8. The fourth-order valence-electron chi connectivity index (χ4n) is 5.17. The topological polar surface area (TPSA) is 97.3 Å². The van der Waals surface area contributed by atoms with Crippen LogP contribution in [0.1, 0.15) is 31.4 Å². The summed E-state index contributed by atoms with van der Waals surface area (Å²) in [6, 6.07) is 10.6. The van der Waals surface area contributed by atoms with E-state index in [0.29, 0.717) is 17.4 Å². The van der Waals surface area contributed by atoms with Crippen LogP contribution in [0.2, 0.25) is 5.02 Å². The third-order valence-corrected chi connectivity index (χ3v) is 9.53. The van der Waals surface area contributed by atoms with Gasteiger partial charge in [0.25, 0.3) is 0 Å². The van der Waals surface area contributed by atoms with Crippen LogP contribution in [0.3, 0.4) is 0 Å². The van der Waals surface area contributed by atoms with Crippen molar-refractivity contribution in [3.8, 4) is 17.0 Å². The molecule has 1 N–H and O–H groups in total. The normalized spacial score (nSPS) is 17.6. The van der Waals surface area contributed by atoms with Gasteiger partial charge in [0.15, 0.2) is 9.84 Å². The van der Waals surface area contributed by atoms with E-state index in [1.807, 2.05) is 0 Å². The lowest BCUT2D eigenvalue weighted by atomic mass is 9.91. The van der Waals surface area contributed by atoms with Crippen molar-refractivity contribution in [3.05, 3.63) is 71.0 Å². The Kier molecular flexibility index (Phi) is 8.40. The predicted octanol–water partition coefficient (Wildman–Crippen LogP) is 5.89. The number of anilines is 1. The van der Waals surface area contributed by atoms with Crippen LogP contribution in [0.15, 0.2) is 53.6 Å². The molecule has 0 spiro atoms. The van der Waals surface area contributed by atoms with Crippen molar-refractivity contribution in [3.63, 3.8) is 0 Å². The number of ether oxygens (including phenoxy) is 1. The van der Waals surface area contributed by atoms with Crippen molar-refractivity contribution in [2.75, 3.05) is 26.5 Å². The van der Waals surface area contributed by atoms with Crippen LogP contribution in [0, 0.1) is 11.6 Å². The molecule has 1 fully saturated rings. The molecule has 12 heteroatoms. The fourth-order valence-corrected chi connectivity index (χ4v) is 7.03. The number of halogens is 3. The molecular formula is C29H30ClF2N5O3S. The maximum atomic E-state index is 15.3. The summed E-state index contributed by atoms with van der Waals surface area (Å²) < 4.78 is 61.7. The van der Waals surface area contributed by atoms with Crippen molar-refractivity contribution in [1.29, 1.82) is 0 Å². The Balaban J connectivity index is 1.41. The SMILES string of the molecule is COc1nc(CS(=O)(=O)c2ccccc2Cl)c(F)cc1-c1cc(F)c2nc(NC3CCC(N(C)C)CC3)ncc2c1. The third-order valence-electron chi connectivity index (χ3n) is 7.41. The summed E-state index contributed by atoms with van der Waals surface area (Å²) >= 11 is 6.05. The highest BCUT2D eigenvalue weighted by Crippen LogP contribution is 2.34. The molecule has 0 saturated heterocycles. The summed E-state index contributed by atoms with van der Waals surface area (Å²) in [6.45, 7) is 0. The molecule has 0 bridgehead atoms. The van der Waals surface area contributed by atoms with Crippen molar-refractivity contribution in [2.45, 2.75) is 48.4 Å². The smallest absolute Gasteiger partial charge is 0.223 e. The predicted molar refractivity (Wildman–Crippen MR) is 155 cm³/mol. The zero-order valence-corrected chi connectivity index (χ0v) is 24.4. The summed E-state index contributed by atoms with van der Waals surface area (Å²) in [5, 5.41) is 3.77. The molecule has 0 aliphatic heterocycles. The summed E-state index contributed by atoms with van der Waals surface area (Å²) in [5.74, 6) is -1.93. The van der Waals surface area contributed by atoms with E-state index in [9.17, 15) is 8.42 Å². The monoisotopic (exact) mass is 601 g/mol. The first-order chi connectivity index (χ1) is 19.6. The van der Waals surface area contributed by atoms with E-state index >= 15 is 8.78 Å². The summed E-state index contributed by atoms with van der Waals surface area (Å²) in [4.78, 5) is 15.0. The van der Waals surface area contributed by atoms with E-state index in [0.717, 1.165) is 31.7 Å². The molecule has 1 saturated carbocycles. The first-order valence-corrected chi connectivity index (χ1v) is 15.2. The Hall–Kier alpha value is -3.41. The van der Waals surface area contributed by atoms with Crippen LogP contribution >= 0.6 is 11.6 Å². The third kappa shape index (κ3) is 6.27. The summed E-state index contributed by atoms with van der Waals surface area (Å²) in [5.41, 5.74) is 0.225. The van der Waals surface area contributed by atoms with Gasteiger partial charge in [0.05, 0.1) is 22.7 Å². The van der Waals surface area contributed by atoms with Gasteiger partial charge in [-0.1, -0.05) is 23.7 Å². The van der Waals surface area contributed by atoms with Gasteiger partial charge < -0.3 is 15.0 Å². The lowest BCUT2D eigenvalue weighted by molar-refractivity contribution is 0.221. The van der Waals surface area contributed by atoms with Gasteiger partial charge in [-0.3, -0.25) is 0 Å². The highest BCUT2D eigenvalue weighted by atomic mass is 35.5. The Morgan fingerprint density at radius 3 is 2.46 bits per heavy atom. The summed E-state index contributed by atoms with van der Waals surface area (Å²) in [6.07, 6.45) is 5.59. The Morgan fingerprint density at radius 2 is 1.78 bits per heavy atom. The van der Waals surface area contributed by atoms with Gasteiger partial charge in [0.2, 0.25) is 11.8 Å². The molecule has 2 heterocycles. The van der Waals surface area contributed by atoms with E-state index < -0.39 is 27.2 Å². The first-order valence-electron chi connectivity index (χ1n) is 13.2. The van der Waals surface area contributed by atoms with Gasteiger partial charge >= 0.3 is 0 Å². The molecule has 0 amide bonds. The number of pyridine rings is 1. The van der Waals surface area contributed by atoms with E-state index in [1.54, 1.807) is 12.1 Å². The van der Waals surface area contributed by atoms with E-state index in [-0.39, 0.29) is 44.2 Å². The molecule has 1 aliphatic rings. The average molecular weight is 602 g/mol. The molecule has 216 valence electrons. The van der Waals surface area contributed by atoms with Crippen LogP contribution in [0.5, 0.6) is 5.88 Å². The maximum absolute atomic E-state index is 15.3. The minimum atomic E-state index is -4.00. The Labute approximate surface area is 242 Å². The summed E-state index contributed by atoms with van der Waals surface area (Å²) in [7, 11) is 1.49. The zero-order valence-electron chi connectivity index (χ0n) is 22.9. The van der Waals surface area contributed by atoms with Crippen LogP contribution in [0.25, 0.3) is 22.0 Å². The molecule has 2 aromatic carbocycles. The first kappa shape index (κ1) is 29.1. The molecule has 2 aromatic heterocycles. The van der Waals surface area contributed by atoms with Crippen molar-refractivity contribution < 1.29 is 21.9 Å². The average Bonchev–Trinajstić information content (AvgIpc) is 2.94. The zero-order chi connectivity index (χ0) is 29.3. The molecule has 0 radical (unpaired) electrons. The number of methoxy groups -OCH3 is 1. The van der Waals surface area contributed by atoms with Crippen LogP contribution in [-0.4, -0.2) is 61.6 Å². The Bertz CT molecular complexity index is 1700. The fraction of sp³-hybridized carbons (Fsp3) is 0.345. The number of nitrogens with zero attached hydrogens (tertiary/aromatic N) is 4. The van der Waals surface area contributed by atoms with Gasteiger partial charge in [0.1, 0.15) is 22.9 Å². The van der Waals surface area contributed by atoms with E-state index in [4.69, 9.17) is 16.3 Å². The number of rotatable bonds is 8. The maximum Gasteiger partial charge on any atom is 0.223 e. The van der Waals surface area contributed by atoms with Crippen molar-refractivity contribution >= 4 is 38.3 Å². The second-order valence-electron chi connectivity index (χ2n) is 10.4. The van der Waals surface area contributed by atoms with Crippen LogP contribution < -0.4 is 10.1 Å². The second-order valence-corrected chi connectivity index (χ2v) is 12.7. The number of hydrogen-bond donors (Lipinski definition) is 1. The number of sulfone groups is 1. The van der Waals surface area contributed by atoms with Gasteiger partial charge in [-0.2, -0.15) is 0 Å². The van der Waals surface area contributed by atoms with Gasteiger partial charge in [-0.05, 0) is 75.7 Å². The minimum absolute atomic E-state index is 0.0282. The molecule has 4 aromatic rings. The Morgan fingerprint density at radius 1 is 1.05 bits per heavy atom. The molecule has 41 heavy (non-hydrogen) atoms. The highest BCUT2D eigenvalue weighted by Gasteiger charge is 2.25. The lowest BCUT2D eigenvalue weighted by Crippen LogP contribution is -2.36. The molecule has 1 aliphatic carbocycles. The van der Waals surface area contributed by atoms with E-state index in [1.165, 1.54) is 37.6 Å². The molecule has 0 atom stereocenters. The van der Waals surface area contributed by atoms with E-state index in [2.05, 4.69) is 39.3 Å². The number of fused-ring (bicyclic) bond motifs is 1. The number of nitrogens with one attached hydrogen (secondary N) is 1. The molecule has 8 nitrogen and oxygen atoms in total. The van der Waals surface area contributed by atoms with Gasteiger partial charge in [-0.25, -0.2) is 32.2 Å².